The molecule has 3 aromatic carbocycles. The number of ketones is 1. The van der Waals surface area contributed by atoms with Crippen LogP contribution in [0.4, 0.5) is 4.39 Å². The van der Waals surface area contributed by atoms with Crippen molar-refractivity contribution in [2.24, 2.45) is 0 Å². The molecule has 4 heteroatoms. The predicted octanol–water partition coefficient (Wildman–Crippen LogP) is 5.63. The zero-order chi connectivity index (χ0) is 15.0. The van der Waals surface area contributed by atoms with Crippen LogP contribution in [0.5, 0.6) is 0 Å². The molecule has 0 bridgehead atoms. The van der Waals surface area contributed by atoms with Crippen LogP contribution in [-0.4, -0.2) is 5.78 Å². The molecule has 104 valence electrons. The summed E-state index contributed by atoms with van der Waals surface area (Å²) in [7, 11) is 0. The minimum atomic E-state index is -0.540. The summed E-state index contributed by atoms with van der Waals surface area (Å²) in [6.07, 6.45) is 0. The van der Waals surface area contributed by atoms with E-state index in [4.69, 9.17) is 11.6 Å². The lowest BCUT2D eigenvalue weighted by Gasteiger charge is -2.08. The van der Waals surface area contributed by atoms with Crippen molar-refractivity contribution in [1.29, 1.82) is 0 Å². The van der Waals surface area contributed by atoms with Gasteiger partial charge in [-0.3, -0.25) is 4.79 Å². The van der Waals surface area contributed by atoms with Crippen LogP contribution in [-0.2, 0) is 0 Å². The van der Waals surface area contributed by atoms with E-state index in [9.17, 15) is 9.18 Å². The van der Waals surface area contributed by atoms with Crippen LogP contribution >= 0.6 is 27.5 Å². The van der Waals surface area contributed by atoms with E-state index < -0.39 is 5.82 Å². The zero-order valence-electron chi connectivity index (χ0n) is 10.7. The van der Waals surface area contributed by atoms with Crippen molar-refractivity contribution in [1.82, 2.24) is 0 Å². The number of carbonyl (C=O) groups is 1. The molecule has 3 aromatic rings. The number of carbonyl (C=O) groups excluding carboxylic acids is 1. The van der Waals surface area contributed by atoms with Crippen LogP contribution in [0.25, 0.3) is 10.8 Å². The quantitative estimate of drug-likeness (QED) is 0.540. The molecule has 0 fully saturated rings. The molecule has 21 heavy (non-hydrogen) atoms. The maximum absolute atomic E-state index is 13.9. The van der Waals surface area contributed by atoms with E-state index in [0.29, 0.717) is 15.1 Å². The molecule has 0 atom stereocenters. The average Bonchev–Trinajstić information content (AvgIpc) is 2.50. The highest BCUT2D eigenvalue weighted by Crippen LogP contribution is 2.29. The number of hydrogen-bond acceptors (Lipinski definition) is 1. The van der Waals surface area contributed by atoms with E-state index >= 15 is 0 Å². The second-order valence-electron chi connectivity index (χ2n) is 4.59. The van der Waals surface area contributed by atoms with Gasteiger partial charge in [0, 0.05) is 20.4 Å². The largest absolute Gasteiger partial charge is 0.288 e. The lowest BCUT2D eigenvalue weighted by molar-refractivity contribution is 0.103. The van der Waals surface area contributed by atoms with Crippen LogP contribution < -0.4 is 0 Å². The van der Waals surface area contributed by atoms with Crippen LogP contribution in [0.3, 0.4) is 0 Å². The van der Waals surface area contributed by atoms with E-state index in [-0.39, 0.29) is 11.3 Å². The fraction of sp³-hybridized carbons (Fsp3) is 0. The lowest BCUT2D eigenvalue weighted by Crippen LogP contribution is -2.05. The van der Waals surface area contributed by atoms with Gasteiger partial charge in [-0.1, -0.05) is 51.8 Å². The number of rotatable bonds is 2. The Balaban J connectivity index is 2.23. The van der Waals surface area contributed by atoms with E-state index in [1.54, 1.807) is 18.2 Å². The first-order valence-corrected chi connectivity index (χ1v) is 7.42. The van der Waals surface area contributed by atoms with E-state index in [0.717, 1.165) is 10.8 Å². The Labute approximate surface area is 134 Å². The smallest absolute Gasteiger partial charge is 0.196 e. The fourth-order valence-corrected chi connectivity index (χ4v) is 2.87. The summed E-state index contributed by atoms with van der Waals surface area (Å²) >= 11 is 9.40. The molecule has 0 saturated heterocycles. The molecule has 0 saturated carbocycles. The van der Waals surface area contributed by atoms with Gasteiger partial charge >= 0.3 is 0 Å². The van der Waals surface area contributed by atoms with Crippen molar-refractivity contribution in [2.75, 3.05) is 0 Å². The summed E-state index contributed by atoms with van der Waals surface area (Å²) < 4.78 is 14.6. The average molecular weight is 364 g/mol. The Hall–Kier alpha value is -1.71. The van der Waals surface area contributed by atoms with Gasteiger partial charge < -0.3 is 0 Å². The van der Waals surface area contributed by atoms with Gasteiger partial charge in [0.1, 0.15) is 5.82 Å². The molecular formula is C17H9BrClFO. The molecule has 3 rings (SSSR count). The van der Waals surface area contributed by atoms with Crippen molar-refractivity contribution in [3.05, 3.63) is 81.0 Å². The van der Waals surface area contributed by atoms with Gasteiger partial charge in [-0.2, -0.15) is 0 Å². The first kappa shape index (κ1) is 14.2. The van der Waals surface area contributed by atoms with Crippen molar-refractivity contribution in [3.63, 3.8) is 0 Å². The topological polar surface area (TPSA) is 17.1 Å². The van der Waals surface area contributed by atoms with Gasteiger partial charge in [0.15, 0.2) is 5.78 Å². The number of benzene rings is 3. The highest BCUT2D eigenvalue weighted by Gasteiger charge is 2.17. The first-order valence-electron chi connectivity index (χ1n) is 6.25. The normalized spacial score (nSPS) is 10.8. The van der Waals surface area contributed by atoms with Gasteiger partial charge in [0.2, 0.25) is 0 Å². The molecule has 0 aliphatic carbocycles. The molecular weight excluding hydrogens is 355 g/mol. The Morgan fingerprint density at radius 3 is 2.43 bits per heavy atom. The van der Waals surface area contributed by atoms with Crippen molar-refractivity contribution < 1.29 is 9.18 Å². The summed E-state index contributed by atoms with van der Waals surface area (Å²) in [5.41, 5.74) is 0.476. The van der Waals surface area contributed by atoms with Crippen LogP contribution in [0.15, 0.2) is 59.1 Å². The SMILES string of the molecule is O=C(c1cc(Br)ccc1F)c1ccc(Cl)c2ccccc12. The van der Waals surface area contributed by atoms with Gasteiger partial charge in [-0.15, -0.1) is 0 Å². The highest BCUT2D eigenvalue weighted by atomic mass is 79.9. The maximum atomic E-state index is 13.9. The Bertz CT molecular complexity index is 861. The summed E-state index contributed by atoms with van der Waals surface area (Å²) in [6, 6.07) is 14.9. The second-order valence-corrected chi connectivity index (χ2v) is 5.92. The Morgan fingerprint density at radius 1 is 0.952 bits per heavy atom. The van der Waals surface area contributed by atoms with Crippen LogP contribution in [0.1, 0.15) is 15.9 Å². The second kappa shape index (κ2) is 5.58. The van der Waals surface area contributed by atoms with Gasteiger partial charge in [0.25, 0.3) is 0 Å². The molecule has 0 aliphatic heterocycles. The predicted molar refractivity (Wildman–Crippen MR) is 86.5 cm³/mol. The summed E-state index contributed by atoms with van der Waals surface area (Å²) in [5, 5.41) is 2.06. The maximum Gasteiger partial charge on any atom is 0.196 e. The summed E-state index contributed by atoms with van der Waals surface area (Å²) in [5.74, 6) is -0.899. The molecule has 0 spiro atoms. The number of fused-ring (bicyclic) bond motifs is 1. The summed E-state index contributed by atoms with van der Waals surface area (Å²) in [6.45, 7) is 0. The molecule has 0 heterocycles. The minimum Gasteiger partial charge on any atom is -0.288 e. The molecule has 0 N–H and O–H groups in total. The van der Waals surface area contributed by atoms with Crippen molar-refractivity contribution >= 4 is 44.1 Å². The number of hydrogen-bond donors (Lipinski definition) is 0. The minimum absolute atomic E-state index is 0.0388. The van der Waals surface area contributed by atoms with Gasteiger partial charge in [0.05, 0.1) is 5.56 Å². The fourth-order valence-electron chi connectivity index (χ4n) is 2.28. The first-order chi connectivity index (χ1) is 10.1. The Morgan fingerprint density at radius 2 is 1.67 bits per heavy atom. The van der Waals surface area contributed by atoms with Crippen LogP contribution in [0.2, 0.25) is 5.02 Å². The lowest BCUT2D eigenvalue weighted by atomic mass is 9.97. The third kappa shape index (κ3) is 2.59. The zero-order valence-corrected chi connectivity index (χ0v) is 13.1. The molecule has 0 unspecified atom stereocenters. The third-order valence-corrected chi connectivity index (χ3v) is 4.11. The summed E-state index contributed by atoms with van der Waals surface area (Å²) in [4.78, 5) is 12.6. The van der Waals surface area contributed by atoms with E-state index in [1.165, 1.54) is 12.1 Å². The van der Waals surface area contributed by atoms with Gasteiger partial charge in [-0.25, -0.2) is 4.39 Å². The molecule has 0 aliphatic rings. The monoisotopic (exact) mass is 362 g/mol. The standard InChI is InChI=1S/C17H9BrClFO/c18-10-5-8-16(20)14(9-10)17(21)13-6-7-15(19)12-4-2-1-3-11(12)13/h1-9H. The molecule has 1 nitrogen and oxygen atoms in total. The molecule has 0 aromatic heterocycles. The van der Waals surface area contributed by atoms with Crippen LogP contribution in [0, 0.1) is 5.82 Å². The van der Waals surface area contributed by atoms with E-state index in [1.807, 2.05) is 24.3 Å². The highest BCUT2D eigenvalue weighted by molar-refractivity contribution is 9.10. The molecule has 0 amide bonds. The van der Waals surface area contributed by atoms with E-state index in [2.05, 4.69) is 15.9 Å². The molecule has 0 radical (unpaired) electrons. The number of halogens is 3. The van der Waals surface area contributed by atoms with Crippen molar-refractivity contribution in [3.8, 4) is 0 Å². The third-order valence-electron chi connectivity index (χ3n) is 3.29. The van der Waals surface area contributed by atoms with Gasteiger partial charge in [-0.05, 0) is 35.7 Å². The van der Waals surface area contributed by atoms with Crippen molar-refractivity contribution in [2.45, 2.75) is 0 Å². The Kier molecular flexibility index (Phi) is 3.79.